The van der Waals surface area contributed by atoms with Crippen molar-refractivity contribution in [2.75, 3.05) is 5.32 Å². The van der Waals surface area contributed by atoms with Crippen LogP contribution in [-0.4, -0.2) is 15.3 Å². The Kier molecular flexibility index (Phi) is 4.49. The molecule has 0 atom stereocenters. The molecular formula is C20H13BrClN3O. The van der Waals surface area contributed by atoms with Crippen molar-refractivity contribution in [1.29, 1.82) is 0 Å². The van der Waals surface area contributed by atoms with Gasteiger partial charge in [0.15, 0.2) is 0 Å². The summed E-state index contributed by atoms with van der Waals surface area (Å²) in [6, 6.07) is 20.3. The summed E-state index contributed by atoms with van der Waals surface area (Å²) in [6.07, 6.45) is 1.87. The second-order valence-corrected chi connectivity index (χ2v) is 7.06. The van der Waals surface area contributed by atoms with E-state index in [1.165, 1.54) is 0 Å². The molecule has 0 aliphatic rings. The van der Waals surface area contributed by atoms with Gasteiger partial charge in [0.05, 0.1) is 0 Å². The predicted molar refractivity (Wildman–Crippen MR) is 108 cm³/mol. The van der Waals surface area contributed by atoms with Crippen LogP contribution in [0.2, 0.25) is 5.02 Å². The molecule has 0 unspecified atom stereocenters. The molecule has 4 nitrogen and oxygen atoms in total. The van der Waals surface area contributed by atoms with Gasteiger partial charge >= 0.3 is 0 Å². The Morgan fingerprint density at radius 3 is 2.46 bits per heavy atom. The lowest BCUT2D eigenvalue weighted by atomic mass is 10.1. The molecule has 4 aromatic rings. The van der Waals surface area contributed by atoms with Crippen molar-refractivity contribution in [2.24, 2.45) is 0 Å². The van der Waals surface area contributed by atoms with Crippen molar-refractivity contribution in [1.82, 2.24) is 9.38 Å². The maximum atomic E-state index is 12.7. The Bertz CT molecular complexity index is 1090. The summed E-state index contributed by atoms with van der Waals surface area (Å²) in [5.74, 6) is 0.425. The maximum Gasteiger partial charge on any atom is 0.256 e. The molecule has 1 amide bonds. The number of aromatic nitrogens is 2. The number of amides is 1. The molecule has 128 valence electrons. The highest BCUT2D eigenvalue weighted by Crippen LogP contribution is 2.30. The first kappa shape index (κ1) is 16.8. The summed E-state index contributed by atoms with van der Waals surface area (Å²) < 4.78 is 2.78. The molecule has 0 saturated heterocycles. The summed E-state index contributed by atoms with van der Waals surface area (Å²) in [5, 5.41) is 3.65. The molecule has 2 aromatic carbocycles. The van der Waals surface area contributed by atoms with E-state index in [4.69, 9.17) is 11.6 Å². The topological polar surface area (TPSA) is 46.4 Å². The number of fused-ring (bicyclic) bond motifs is 1. The van der Waals surface area contributed by atoms with Crippen LogP contribution in [0.1, 0.15) is 10.4 Å². The van der Waals surface area contributed by atoms with Crippen molar-refractivity contribution >= 4 is 44.9 Å². The van der Waals surface area contributed by atoms with Gasteiger partial charge in [-0.3, -0.25) is 9.20 Å². The number of nitrogens with one attached hydrogen (secondary N) is 1. The summed E-state index contributed by atoms with van der Waals surface area (Å²) in [6.45, 7) is 0. The number of benzene rings is 2. The van der Waals surface area contributed by atoms with Gasteiger partial charge in [0, 0.05) is 26.8 Å². The van der Waals surface area contributed by atoms with Crippen molar-refractivity contribution in [2.45, 2.75) is 0 Å². The molecule has 0 aliphatic carbocycles. The lowest BCUT2D eigenvalue weighted by molar-refractivity contribution is 0.102. The molecule has 6 heteroatoms. The Morgan fingerprint density at radius 1 is 1.00 bits per heavy atom. The van der Waals surface area contributed by atoms with E-state index in [1.54, 1.807) is 24.3 Å². The number of imidazole rings is 1. The summed E-state index contributed by atoms with van der Waals surface area (Å²) >= 11 is 9.37. The molecule has 0 saturated carbocycles. The first-order valence-electron chi connectivity index (χ1n) is 7.92. The largest absolute Gasteiger partial charge is 0.306 e. The van der Waals surface area contributed by atoms with E-state index < -0.39 is 0 Å². The molecule has 2 aromatic heterocycles. The van der Waals surface area contributed by atoms with Crippen molar-refractivity contribution in [3.63, 3.8) is 0 Å². The fourth-order valence-electron chi connectivity index (χ4n) is 2.71. The molecule has 0 spiro atoms. The highest BCUT2D eigenvalue weighted by molar-refractivity contribution is 9.10. The molecule has 0 bridgehead atoms. The first-order chi connectivity index (χ1) is 12.6. The van der Waals surface area contributed by atoms with Crippen LogP contribution in [0.5, 0.6) is 0 Å². The third kappa shape index (κ3) is 3.23. The van der Waals surface area contributed by atoms with Crippen LogP contribution in [0.4, 0.5) is 5.82 Å². The summed E-state index contributed by atoms with van der Waals surface area (Å²) in [5.41, 5.74) is 2.90. The Hall–Kier alpha value is -2.63. The minimum Gasteiger partial charge on any atom is -0.306 e. The standard InChI is InChI=1S/C20H13BrClN3O/c21-15-8-4-14(5-9-15)20(26)24-19-18(13-6-10-16(22)11-7-13)23-17-3-1-2-12-25(17)19/h1-12H,(H,24,26). The molecule has 1 N–H and O–H groups in total. The van der Waals surface area contributed by atoms with Gasteiger partial charge in [0.1, 0.15) is 17.2 Å². The Labute approximate surface area is 163 Å². The van der Waals surface area contributed by atoms with Gasteiger partial charge in [-0.25, -0.2) is 4.98 Å². The molecule has 0 radical (unpaired) electrons. The molecule has 0 fully saturated rings. The van der Waals surface area contributed by atoms with Crippen molar-refractivity contribution < 1.29 is 4.79 Å². The second-order valence-electron chi connectivity index (χ2n) is 5.71. The van der Waals surface area contributed by atoms with Crippen LogP contribution in [-0.2, 0) is 0 Å². The molecule has 4 rings (SSSR count). The zero-order valence-corrected chi connectivity index (χ0v) is 15.8. The monoisotopic (exact) mass is 425 g/mol. The van der Waals surface area contributed by atoms with Crippen LogP contribution in [0, 0.1) is 0 Å². The third-order valence-electron chi connectivity index (χ3n) is 3.99. The van der Waals surface area contributed by atoms with E-state index in [-0.39, 0.29) is 5.91 Å². The van der Waals surface area contributed by atoms with E-state index in [9.17, 15) is 4.79 Å². The van der Waals surface area contributed by atoms with Crippen LogP contribution < -0.4 is 5.32 Å². The lowest BCUT2D eigenvalue weighted by Crippen LogP contribution is -2.14. The zero-order valence-electron chi connectivity index (χ0n) is 13.5. The van der Waals surface area contributed by atoms with E-state index in [2.05, 4.69) is 26.2 Å². The zero-order chi connectivity index (χ0) is 18.1. The van der Waals surface area contributed by atoms with Gasteiger partial charge in [-0.15, -0.1) is 0 Å². The van der Waals surface area contributed by atoms with E-state index in [0.29, 0.717) is 22.1 Å². The first-order valence-corrected chi connectivity index (χ1v) is 9.09. The highest BCUT2D eigenvalue weighted by atomic mass is 79.9. The number of nitrogens with zero attached hydrogens (tertiary/aromatic N) is 2. The number of hydrogen-bond donors (Lipinski definition) is 1. The number of carbonyl (C=O) groups is 1. The normalized spacial score (nSPS) is 10.8. The fourth-order valence-corrected chi connectivity index (χ4v) is 3.10. The number of halogens is 2. The third-order valence-corrected chi connectivity index (χ3v) is 4.77. The fraction of sp³-hybridized carbons (Fsp3) is 0. The van der Waals surface area contributed by atoms with Gasteiger partial charge in [0.2, 0.25) is 0 Å². The maximum absolute atomic E-state index is 12.7. The summed E-state index contributed by atoms with van der Waals surface area (Å²) in [4.78, 5) is 17.4. The van der Waals surface area contributed by atoms with E-state index >= 15 is 0 Å². The average Bonchev–Trinajstić information content (AvgIpc) is 3.01. The SMILES string of the molecule is O=C(Nc1c(-c2ccc(Cl)cc2)nc2ccccn12)c1ccc(Br)cc1. The smallest absolute Gasteiger partial charge is 0.256 e. The number of hydrogen-bond acceptors (Lipinski definition) is 2. The lowest BCUT2D eigenvalue weighted by Gasteiger charge is -2.08. The number of carbonyl (C=O) groups excluding carboxylic acids is 1. The minimum atomic E-state index is -0.196. The van der Waals surface area contributed by atoms with Crippen molar-refractivity contribution in [3.8, 4) is 11.3 Å². The highest BCUT2D eigenvalue weighted by Gasteiger charge is 2.17. The minimum absolute atomic E-state index is 0.196. The molecular weight excluding hydrogens is 414 g/mol. The Morgan fingerprint density at radius 2 is 1.73 bits per heavy atom. The van der Waals surface area contributed by atoms with Gasteiger partial charge in [0.25, 0.3) is 5.91 Å². The Balaban J connectivity index is 1.79. The predicted octanol–water partition coefficient (Wildman–Crippen LogP) is 5.67. The van der Waals surface area contributed by atoms with Crippen LogP contribution in [0.25, 0.3) is 16.9 Å². The number of rotatable bonds is 3. The van der Waals surface area contributed by atoms with E-state index in [0.717, 1.165) is 15.7 Å². The van der Waals surface area contributed by atoms with Crippen LogP contribution >= 0.6 is 27.5 Å². The summed E-state index contributed by atoms with van der Waals surface area (Å²) in [7, 11) is 0. The van der Waals surface area contributed by atoms with Gasteiger partial charge in [-0.2, -0.15) is 0 Å². The van der Waals surface area contributed by atoms with Gasteiger partial charge < -0.3 is 5.32 Å². The van der Waals surface area contributed by atoms with Gasteiger partial charge in [-0.1, -0.05) is 45.7 Å². The second kappa shape index (κ2) is 6.94. The van der Waals surface area contributed by atoms with E-state index in [1.807, 2.05) is 53.1 Å². The van der Waals surface area contributed by atoms with Crippen molar-refractivity contribution in [3.05, 3.63) is 88.0 Å². The number of anilines is 1. The average molecular weight is 427 g/mol. The van der Waals surface area contributed by atoms with Crippen LogP contribution in [0.15, 0.2) is 77.4 Å². The molecule has 0 aliphatic heterocycles. The number of pyridine rings is 1. The quantitative estimate of drug-likeness (QED) is 0.459. The van der Waals surface area contributed by atoms with Crippen LogP contribution in [0.3, 0.4) is 0 Å². The van der Waals surface area contributed by atoms with Gasteiger partial charge in [-0.05, 0) is 48.5 Å². The molecule has 2 heterocycles. The molecule has 26 heavy (non-hydrogen) atoms.